The number of halogens is 2. The molecule has 0 saturated carbocycles. The van der Waals surface area contributed by atoms with Gasteiger partial charge in [0.2, 0.25) is 0 Å². The van der Waals surface area contributed by atoms with Crippen molar-refractivity contribution in [3.63, 3.8) is 0 Å². The molecule has 1 aromatic carbocycles. The van der Waals surface area contributed by atoms with Crippen LogP contribution in [-0.2, 0) is 0 Å². The average molecular weight is 199 g/mol. The molecule has 1 radical (unpaired) electrons. The lowest BCUT2D eigenvalue weighted by atomic mass is 10.3. The zero-order valence-electron chi connectivity index (χ0n) is 7.31. The number of amides is 2. The first-order chi connectivity index (χ1) is 6.63. The van der Waals surface area contributed by atoms with Crippen LogP contribution < -0.4 is 10.6 Å². The van der Waals surface area contributed by atoms with Gasteiger partial charge < -0.3 is 10.6 Å². The van der Waals surface area contributed by atoms with Crippen LogP contribution in [0.25, 0.3) is 0 Å². The summed E-state index contributed by atoms with van der Waals surface area (Å²) in [7, 11) is 0. The van der Waals surface area contributed by atoms with Crippen molar-refractivity contribution < 1.29 is 13.6 Å². The molecule has 14 heavy (non-hydrogen) atoms. The van der Waals surface area contributed by atoms with Gasteiger partial charge in [0, 0.05) is 18.3 Å². The van der Waals surface area contributed by atoms with E-state index in [4.69, 9.17) is 0 Å². The number of nitrogens with one attached hydrogen (secondary N) is 2. The van der Waals surface area contributed by atoms with E-state index in [2.05, 4.69) is 17.6 Å². The summed E-state index contributed by atoms with van der Waals surface area (Å²) in [6, 6.07) is 2.60. The Morgan fingerprint density at radius 3 is 2.64 bits per heavy atom. The molecule has 5 heteroatoms. The minimum atomic E-state index is -1.00. The fourth-order valence-corrected chi connectivity index (χ4v) is 0.863. The normalized spacial score (nSPS) is 9.64. The highest BCUT2D eigenvalue weighted by atomic mass is 19.2. The molecule has 0 bridgehead atoms. The molecule has 1 rings (SSSR count). The second-order valence-electron chi connectivity index (χ2n) is 2.51. The summed E-state index contributed by atoms with van der Waals surface area (Å²) in [5.74, 6) is -1.95. The van der Waals surface area contributed by atoms with E-state index in [0.717, 1.165) is 12.1 Å². The SMILES string of the molecule is [CH2]CNC(=O)Nc1ccc(F)c(F)c1. The van der Waals surface area contributed by atoms with Gasteiger partial charge in [-0.05, 0) is 19.1 Å². The zero-order chi connectivity index (χ0) is 10.6. The summed E-state index contributed by atoms with van der Waals surface area (Å²) >= 11 is 0. The summed E-state index contributed by atoms with van der Waals surface area (Å²) in [5, 5.41) is 4.66. The number of hydrogen-bond donors (Lipinski definition) is 2. The van der Waals surface area contributed by atoms with Gasteiger partial charge in [0.15, 0.2) is 11.6 Å². The molecule has 2 amide bonds. The summed E-state index contributed by atoms with van der Waals surface area (Å²) in [4.78, 5) is 10.9. The number of rotatable bonds is 2. The Bertz CT molecular complexity index is 342. The first kappa shape index (κ1) is 10.4. The van der Waals surface area contributed by atoms with E-state index in [0.29, 0.717) is 0 Å². The predicted molar refractivity (Wildman–Crippen MR) is 48.7 cm³/mol. The number of anilines is 1. The topological polar surface area (TPSA) is 41.1 Å². The van der Waals surface area contributed by atoms with Gasteiger partial charge in [-0.15, -0.1) is 0 Å². The van der Waals surface area contributed by atoms with Crippen molar-refractivity contribution in [1.82, 2.24) is 5.32 Å². The van der Waals surface area contributed by atoms with E-state index >= 15 is 0 Å². The number of carbonyl (C=O) groups is 1. The van der Waals surface area contributed by atoms with Crippen LogP contribution in [0.15, 0.2) is 18.2 Å². The highest BCUT2D eigenvalue weighted by Gasteiger charge is 2.04. The Hall–Kier alpha value is -1.65. The monoisotopic (exact) mass is 199 g/mol. The third-order valence-electron chi connectivity index (χ3n) is 1.46. The highest BCUT2D eigenvalue weighted by Crippen LogP contribution is 2.12. The Morgan fingerprint density at radius 2 is 2.07 bits per heavy atom. The van der Waals surface area contributed by atoms with Crippen LogP contribution >= 0.6 is 0 Å². The van der Waals surface area contributed by atoms with Gasteiger partial charge in [-0.2, -0.15) is 0 Å². The van der Waals surface area contributed by atoms with E-state index in [1.807, 2.05) is 0 Å². The molecule has 0 saturated heterocycles. The summed E-state index contributed by atoms with van der Waals surface area (Å²) in [5.41, 5.74) is 0.190. The molecule has 0 fully saturated rings. The van der Waals surface area contributed by atoms with Crippen molar-refractivity contribution in [1.29, 1.82) is 0 Å². The second-order valence-corrected chi connectivity index (χ2v) is 2.51. The summed E-state index contributed by atoms with van der Waals surface area (Å²) in [6.45, 7) is 3.61. The lowest BCUT2D eigenvalue weighted by Crippen LogP contribution is -2.28. The van der Waals surface area contributed by atoms with Crippen molar-refractivity contribution in [3.05, 3.63) is 36.8 Å². The van der Waals surface area contributed by atoms with Gasteiger partial charge in [-0.1, -0.05) is 0 Å². The fraction of sp³-hybridized carbons (Fsp3) is 0.111. The molecule has 0 aromatic heterocycles. The van der Waals surface area contributed by atoms with E-state index < -0.39 is 17.7 Å². The Labute approximate surface area is 80.1 Å². The number of urea groups is 1. The zero-order valence-corrected chi connectivity index (χ0v) is 7.31. The van der Waals surface area contributed by atoms with E-state index in [1.165, 1.54) is 6.07 Å². The van der Waals surface area contributed by atoms with Crippen molar-refractivity contribution >= 4 is 11.7 Å². The van der Waals surface area contributed by atoms with Gasteiger partial charge in [0.1, 0.15) is 0 Å². The fourth-order valence-electron chi connectivity index (χ4n) is 0.863. The Morgan fingerprint density at radius 1 is 1.36 bits per heavy atom. The molecule has 0 heterocycles. The third-order valence-corrected chi connectivity index (χ3v) is 1.46. The maximum absolute atomic E-state index is 12.7. The number of hydrogen-bond acceptors (Lipinski definition) is 1. The molecule has 3 nitrogen and oxygen atoms in total. The van der Waals surface area contributed by atoms with Crippen LogP contribution in [0.2, 0.25) is 0 Å². The number of benzene rings is 1. The van der Waals surface area contributed by atoms with Crippen molar-refractivity contribution in [2.75, 3.05) is 11.9 Å². The van der Waals surface area contributed by atoms with E-state index in [1.54, 1.807) is 0 Å². The van der Waals surface area contributed by atoms with Gasteiger partial charge >= 0.3 is 6.03 Å². The lowest BCUT2D eigenvalue weighted by molar-refractivity contribution is 0.253. The van der Waals surface area contributed by atoms with Crippen LogP contribution in [-0.4, -0.2) is 12.6 Å². The van der Waals surface area contributed by atoms with Crippen LogP contribution in [0.4, 0.5) is 19.3 Å². The molecule has 1 aromatic rings. The molecule has 0 aliphatic heterocycles. The van der Waals surface area contributed by atoms with Gasteiger partial charge in [0.25, 0.3) is 0 Å². The summed E-state index contributed by atoms with van der Waals surface area (Å²) < 4.78 is 25.1. The van der Waals surface area contributed by atoms with Crippen molar-refractivity contribution in [2.45, 2.75) is 0 Å². The van der Waals surface area contributed by atoms with Crippen molar-refractivity contribution in [3.8, 4) is 0 Å². The van der Waals surface area contributed by atoms with Crippen LogP contribution in [0.5, 0.6) is 0 Å². The second kappa shape index (κ2) is 4.55. The molecule has 75 valence electrons. The average Bonchev–Trinajstić information content (AvgIpc) is 2.12. The molecular formula is C9H9F2N2O. The molecular weight excluding hydrogens is 190 g/mol. The molecule has 2 N–H and O–H groups in total. The Kier molecular flexibility index (Phi) is 3.39. The Balaban J connectivity index is 2.68. The molecule has 0 aliphatic rings. The first-order valence-corrected chi connectivity index (χ1v) is 3.92. The van der Waals surface area contributed by atoms with Crippen LogP contribution in [0, 0.1) is 18.6 Å². The minimum Gasteiger partial charge on any atom is -0.338 e. The molecule has 0 unspecified atom stereocenters. The van der Waals surface area contributed by atoms with E-state index in [-0.39, 0.29) is 12.2 Å². The number of carbonyl (C=O) groups excluding carboxylic acids is 1. The minimum absolute atomic E-state index is 0.190. The van der Waals surface area contributed by atoms with Crippen LogP contribution in [0.1, 0.15) is 0 Å². The van der Waals surface area contributed by atoms with E-state index in [9.17, 15) is 13.6 Å². The highest BCUT2D eigenvalue weighted by molar-refractivity contribution is 5.89. The summed E-state index contributed by atoms with van der Waals surface area (Å²) in [6.07, 6.45) is 0. The standard InChI is InChI=1S/C9H9F2N2O/c1-2-12-9(14)13-6-3-4-7(10)8(11)5-6/h3-5H,1-2H2,(H2,12,13,14). The quantitative estimate of drug-likeness (QED) is 0.750. The third kappa shape index (κ3) is 2.69. The van der Waals surface area contributed by atoms with Gasteiger partial charge in [-0.3, -0.25) is 0 Å². The first-order valence-electron chi connectivity index (χ1n) is 3.92. The molecule has 0 atom stereocenters. The largest absolute Gasteiger partial charge is 0.338 e. The van der Waals surface area contributed by atoms with Gasteiger partial charge in [-0.25, -0.2) is 13.6 Å². The lowest BCUT2D eigenvalue weighted by Gasteiger charge is -2.05. The maximum Gasteiger partial charge on any atom is 0.319 e. The molecule has 0 aliphatic carbocycles. The van der Waals surface area contributed by atoms with Crippen molar-refractivity contribution in [2.24, 2.45) is 0 Å². The van der Waals surface area contributed by atoms with Crippen LogP contribution in [0.3, 0.4) is 0 Å². The molecule has 0 spiro atoms. The smallest absolute Gasteiger partial charge is 0.319 e. The predicted octanol–water partition coefficient (Wildman–Crippen LogP) is 1.92. The maximum atomic E-state index is 12.7. The van der Waals surface area contributed by atoms with Gasteiger partial charge in [0.05, 0.1) is 0 Å².